The Hall–Kier alpha value is -2.60. The number of carbonyl (C=O) groups is 2. The van der Waals surface area contributed by atoms with E-state index >= 15 is 0 Å². The van der Waals surface area contributed by atoms with Gasteiger partial charge < -0.3 is 25.3 Å². The summed E-state index contributed by atoms with van der Waals surface area (Å²) in [7, 11) is -3.59. The Morgan fingerprint density at radius 3 is 2.33 bits per heavy atom. The van der Waals surface area contributed by atoms with Gasteiger partial charge in [0.2, 0.25) is 13.4 Å². The van der Waals surface area contributed by atoms with E-state index in [-0.39, 0.29) is 18.9 Å². The normalized spacial score (nSPS) is 23.8. The lowest BCUT2D eigenvalue weighted by Crippen LogP contribution is -2.44. The van der Waals surface area contributed by atoms with Gasteiger partial charge in [0.25, 0.3) is 0 Å². The molecule has 13 nitrogen and oxygen atoms in total. The van der Waals surface area contributed by atoms with E-state index in [1.807, 2.05) is 0 Å². The summed E-state index contributed by atoms with van der Waals surface area (Å²) in [6.45, 7) is 2.92. The molecule has 0 aliphatic carbocycles. The first-order valence-electron chi connectivity index (χ1n) is 10.8. The average Bonchev–Trinajstić information content (AvgIpc) is 3.50. The third-order valence-electron chi connectivity index (χ3n) is 6.21. The summed E-state index contributed by atoms with van der Waals surface area (Å²) in [5, 5.41) is 19.3. The van der Waals surface area contributed by atoms with E-state index in [0.29, 0.717) is 62.2 Å². The van der Waals surface area contributed by atoms with Crippen LogP contribution in [0.4, 0.5) is 5.95 Å². The van der Waals surface area contributed by atoms with Crippen molar-refractivity contribution in [3.05, 3.63) is 12.0 Å². The van der Waals surface area contributed by atoms with E-state index in [2.05, 4.69) is 15.0 Å². The van der Waals surface area contributed by atoms with Crippen LogP contribution in [0.25, 0.3) is 11.2 Å². The molecule has 0 aromatic carbocycles. The third-order valence-corrected chi connectivity index (χ3v) is 9.30. The van der Waals surface area contributed by atoms with Crippen molar-refractivity contribution in [2.75, 3.05) is 31.8 Å². The van der Waals surface area contributed by atoms with Crippen LogP contribution in [0.15, 0.2) is 6.33 Å². The lowest BCUT2D eigenvalue weighted by molar-refractivity contribution is -0.140. The van der Waals surface area contributed by atoms with Gasteiger partial charge >= 0.3 is 11.9 Å². The van der Waals surface area contributed by atoms with Crippen molar-refractivity contribution in [2.24, 2.45) is 0 Å². The Morgan fingerprint density at radius 1 is 1.15 bits per heavy atom. The zero-order valence-corrected chi connectivity index (χ0v) is 19.2. The molecule has 0 radical (unpaired) electrons. The van der Waals surface area contributed by atoms with Crippen LogP contribution in [0.3, 0.4) is 0 Å². The second-order valence-electron chi connectivity index (χ2n) is 8.30. The summed E-state index contributed by atoms with van der Waals surface area (Å²) >= 11 is 0. The Kier molecular flexibility index (Phi) is 6.66. The van der Waals surface area contributed by atoms with Crippen molar-refractivity contribution in [1.29, 1.82) is 0 Å². The lowest BCUT2D eigenvalue weighted by Gasteiger charge is -2.38. The molecule has 2 atom stereocenters. The van der Waals surface area contributed by atoms with Crippen LogP contribution in [-0.4, -0.2) is 89.1 Å². The van der Waals surface area contributed by atoms with E-state index in [1.165, 1.54) is 9.34 Å². The lowest BCUT2D eigenvalue weighted by atomic mass is 10.2. The van der Waals surface area contributed by atoms with Crippen molar-refractivity contribution >= 4 is 36.5 Å². The number of hydrogen-bond acceptors (Lipinski definition) is 8. The fourth-order valence-corrected chi connectivity index (χ4v) is 7.83. The molecule has 2 aliphatic rings. The van der Waals surface area contributed by atoms with E-state index in [0.717, 1.165) is 0 Å². The molecule has 2 aromatic heterocycles. The summed E-state index contributed by atoms with van der Waals surface area (Å²) < 4.78 is 24.7. The number of fused-ring (bicyclic) bond motifs is 1. The third kappa shape index (κ3) is 4.45. The van der Waals surface area contributed by atoms with Crippen LogP contribution in [0, 0.1) is 6.92 Å². The van der Waals surface area contributed by atoms with Gasteiger partial charge in [-0.15, -0.1) is 0 Å². The van der Waals surface area contributed by atoms with Gasteiger partial charge in [-0.05, 0) is 32.6 Å². The minimum absolute atomic E-state index is 0.134. The maximum Gasteiger partial charge on any atom is 0.321 e. The van der Waals surface area contributed by atoms with Crippen LogP contribution in [0.2, 0.25) is 0 Å². The monoisotopic (exact) mass is 481 g/mol. The molecule has 2 aliphatic heterocycles. The highest BCUT2D eigenvalue weighted by Crippen LogP contribution is 2.59. The molecule has 0 saturated carbocycles. The first kappa shape index (κ1) is 23.6. The fourth-order valence-electron chi connectivity index (χ4n) is 4.67. The summed E-state index contributed by atoms with van der Waals surface area (Å²) in [4.78, 5) is 36.2. The number of aryl methyl sites for hydroxylation is 1. The number of rotatable bonds is 9. The Morgan fingerprint density at radius 2 is 1.76 bits per heavy atom. The first-order chi connectivity index (χ1) is 15.7. The molecule has 4 N–H and O–H groups in total. The largest absolute Gasteiger partial charge is 0.480 e. The number of hydrogen-bond donors (Lipinski definition) is 3. The number of imidazole rings is 1. The van der Waals surface area contributed by atoms with E-state index in [4.69, 9.17) is 10.5 Å². The van der Waals surface area contributed by atoms with Crippen LogP contribution in [-0.2, 0) is 25.4 Å². The van der Waals surface area contributed by atoms with Crippen molar-refractivity contribution in [2.45, 2.75) is 51.2 Å². The number of nitrogen functional groups attached to an aromatic ring is 1. The SMILES string of the molecule is Cc1nc(N)nc2c1ncn2CCOCP(=O)(N1CCCC1C(=O)O)N1CCCC1C(=O)O. The predicted molar refractivity (Wildman–Crippen MR) is 118 cm³/mol. The van der Waals surface area contributed by atoms with Crippen LogP contribution < -0.4 is 5.73 Å². The number of anilines is 1. The molecule has 0 bridgehead atoms. The maximum atomic E-state index is 14.3. The van der Waals surface area contributed by atoms with Crippen molar-refractivity contribution in [3.63, 3.8) is 0 Å². The second-order valence-corrected chi connectivity index (χ2v) is 10.9. The molecule has 33 heavy (non-hydrogen) atoms. The minimum atomic E-state index is -3.59. The number of carboxylic acids is 2. The minimum Gasteiger partial charge on any atom is -0.480 e. The molecule has 4 rings (SSSR count). The predicted octanol–water partition coefficient (Wildman–Crippen LogP) is 0.982. The van der Waals surface area contributed by atoms with Gasteiger partial charge in [0.05, 0.1) is 18.6 Å². The topological polar surface area (TPSA) is 177 Å². The second kappa shape index (κ2) is 9.34. The number of ether oxygens (including phenoxy) is 1. The summed E-state index contributed by atoms with van der Waals surface area (Å²) in [5.74, 6) is -1.98. The molecule has 0 spiro atoms. The highest BCUT2D eigenvalue weighted by molar-refractivity contribution is 7.59. The van der Waals surface area contributed by atoms with Crippen LogP contribution in [0.1, 0.15) is 31.4 Å². The standard InChI is InChI=1S/C19H28N7O6P/c1-12-15-16(23-19(20)22-12)24(10-21-15)8-9-32-11-33(31,25-6-2-4-13(25)17(27)28)26-7-3-5-14(26)18(29)30/h10,13-14H,2-9,11H2,1H3,(H,27,28)(H,29,30)(H2,20,22,23). The number of aliphatic carboxylic acids is 2. The van der Waals surface area contributed by atoms with E-state index in [1.54, 1.807) is 17.8 Å². The average molecular weight is 481 g/mol. The molecule has 2 unspecified atom stereocenters. The molecule has 2 fully saturated rings. The van der Waals surface area contributed by atoms with Crippen molar-refractivity contribution in [1.82, 2.24) is 28.9 Å². The smallest absolute Gasteiger partial charge is 0.321 e. The molecular formula is C19H28N7O6P. The molecule has 2 saturated heterocycles. The highest BCUT2D eigenvalue weighted by Gasteiger charge is 2.50. The van der Waals surface area contributed by atoms with Crippen molar-refractivity contribution in [3.8, 4) is 0 Å². The van der Waals surface area contributed by atoms with Gasteiger partial charge in [0, 0.05) is 19.6 Å². The molecule has 180 valence electrons. The van der Waals surface area contributed by atoms with Crippen molar-refractivity contribution < 1.29 is 29.1 Å². The molecule has 2 aromatic rings. The zero-order chi connectivity index (χ0) is 23.8. The molecule has 14 heteroatoms. The van der Waals surface area contributed by atoms with Gasteiger partial charge in [0.1, 0.15) is 23.9 Å². The van der Waals surface area contributed by atoms with Crippen LogP contribution >= 0.6 is 7.44 Å². The quantitative estimate of drug-likeness (QED) is 0.342. The fraction of sp³-hybridized carbons (Fsp3) is 0.632. The molecule has 0 amide bonds. The maximum absolute atomic E-state index is 14.3. The number of nitrogens with zero attached hydrogens (tertiary/aromatic N) is 6. The Balaban J connectivity index is 1.51. The van der Waals surface area contributed by atoms with Gasteiger partial charge in [-0.25, -0.2) is 19.3 Å². The van der Waals surface area contributed by atoms with Gasteiger partial charge in [-0.1, -0.05) is 0 Å². The Bertz CT molecular complexity index is 1070. The summed E-state index contributed by atoms with van der Waals surface area (Å²) in [6, 6.07) is -1.84. The molecular weight excluding hydrogens is 453 g/mol. The van der Waals surface area contributed by atoms with E-state index < -0.39 is 31.5 Å². The van der Waals surface area contributed by atoms with Gasteiger partial charge in [-0.3, -0.25) is 14.2 Å². The molecule has 4 heterocycles. The Labute approximate surface area is 190 Å². The summed E-state index contributed by atoms with van der Waals surface area (Å²) in [6.07, 6.45) is 3.22. The number of carboxylic acid groups (broad SMARTS) is 2. The van der Waals surface area contributed by atoms with Gasteiger partial charge in [-0.2, -0.15) is 4.98 Å². The highest BCUT2D eigenvalue weighted by atomic mass is 31.2. The van der Waals surface area contributed by atoms with Crippen LogP contribution in [0.5, 0.6) is 0 Å². The van der Waals surface area contributed by atoms with Gasteiger partial charge in [0.15, 0.2) is 5.65 Å². The van der Waals surface area contributed by atoms with E-state index in [9.17, 15) is 24.4 Å². The number of aromatic nitrogens is 4. The first-order valence-corrected chi connectivity index (χ1v) is 12.6. The summed E-state index contributed by atoms with van der Waals surface area (Å²) in [5.41, 5.74) is 7.58. The zero-order valence-electron chi connectivity index (χ0n) is 18.3. The number of nitrogens with two attached hydrogens (primary N) is 1.